The third kappa shape index (κ3) is 3.69. The predicted molar refractivity (Wildman–Crippen MR) is 77.2 cm³/mol. The van der Waals surface area contributed by atoms with Crippen LogP contribution in [0.15, 0.2) is 24.5 Å². The van der Waals surface area contributed by atoms with Crippen LogP contribution in [0.1, 0.15) is 11.4 Å². The summed E-state index contributed by atoms with van der Waals surface area (Å²) in [4.78, 5) is 13.8. The summed E-state index contributed by atoms with van der Waals surface area (Å²) in [6, 6.07) is 3.97. The standard InChI is InChI=1S/C13H20N6/c1-10-17-12(16-9-11-3-5-15-8-11)7-13(18-10)19(2)6-4-14/h3,5,7-8,15H,4,6,9,14H2,1-2H3,(H,16,17,18). The maximum atomic E-state index is 5.56. The van der Waals surface area contributed by atoms with Crippen LogP contribution in [0.3, 0.4) is 0 Å². The van der Waals surface area contributed by atoms with Gasteiger partial charge in [0.05, 0.1) is 0 Å². The fourth-order valence-electron chi connectivity index (χ4n) is 1.81. The second-order valence-corrected chi connectivity index (χ2v) is 4.44. The van der Waals surface area contributed by atoms with Crippen LogP contribution >= 0.6 is 0 Å². The largest absolute Gasteiger partial charge is 0.367 e. The molecule has 2 rings (SSSR count). The van der Waals surface area contributed by atoms with Gasteiger partial charge in [0.2, 0.25) is 0 Å². The van der Waals surface area contributed by atoms with Gasteiger partial charge in [-0.05, 0) is 18.6 Å². The van der Waals surface area contributed by atoms with Crippen molar-refractivity contribution >= 4 is 11.6 Å². The summed E-state index contributed by atoms with van der Waals surface area (Å²) < 4.78 is 0. The van der Waals surface area contributed by atoms with Gasteiger partial charge >= 0.3 is 0 Å². The Morgan fingerprint density at radius 1 is 1.42 bits per heavy atom. The van der Waals surface area contributed by atoms with Gasteiger partial charge < -0.3 is 20.9 Å². The number of likely N-dealkylation sites (N-methyl/N-ethyl adjacent to an activating group) is 1. The maximum absolute atomic E-state index is 5.56. The summed E-state index contributed by atoms with van der Waals surface area (Å²) in [6.45, 7) is 4.00. The number of aromatic amines is 1. The third-order valence-corrected chi connectivity index (χ3v) is 2.82. The lowest BCUT2D eigenvalue weighted by Crippen LogP contribution is -2.26. The van der Waals surface area contributed by atoms with Crippen LogP contribution in [-0.2, 0) is 6.54 Å². The molecule has 0 unspecified atom stereocenters. The molecule has 0 aliphatic carbocycles. The molecule has 0 aromatic carbocycles. The summed E-state index contributed by atoms with van der Waals surface area (Å²) in [6.07, 6.45) is 3.87. The molecule has 0 aliphatic heterocycles. The van der Waals surface area contributed by atoms with Crippen molar-refractivity contribution in [1.29, 1.82) is 0 Å². The quantitative estimate of drug-likeness (QED) is 0.725. The van der Waals surface area contributed by atoms with Gasteiger partial charge in [0.25, 0.3) is 0 Å². The van der Waals surface area contributed by atoms with Crippen molar-refractivity contribution in [3.8, 4) is 0 Å². The highest BCUT2D eigenvalue weighted by molar-refractivity contribution is 5.49. The normalized spacial score (nSPS) is 10.5. The molecule has 0 spiro atoms. The second kappa shape index (κ2) is 6.19. The molecule has 6 nitrogen and oxygen atoms in total. The number of nitrogens with zero attached hydrogens (tertiary/aromatic N) is 3. The summed E-state index contributed by atoms with van der Waals surface area (Å²) in [5.41, 5.74) is 6.75. The van der Waals surface area contributed by atoms with Gasteiger partial charge in [0.1, 0.15) is 17.5 Å². The molecule has 4 N–H and O–H groups in total. The van der Waals surface area contributed by atoms with Gasteiger partial charge in [-0.2, -0.15) is 0 Å². The Kier molecular flexibility index (Phi) is 4.35. The first-order valence-electron chi connectivity index (χ1n) is 6.31. The highest BCUT2D eigenvalue weighted by Crippen LogP contribution is 2.15. The van der Waals surface area contributed by atoms with E-state index in [1.165, 1.54) is 5.56 Å². The molecule has 19 heavy (non-hydrogen) atoms. The molecular formula is C13H20N6. The Labute approximate surface area is 113 Å². The van der Waals surface area contributed by atoms with Crippen molar-refractivity contribution < 1.29 is 0 Å². The number of hydrogen-bond donors (Lipinski definition) is 3. The van der Waals surface area contributed by atoms with Gasteiger partial charge in [0.15, 0.2) is 0 Å². The van der Waals surface area contributed by atoms with E-state index < -0.39 is 0 Å². The number of hydrogen-bond acceptors (Lipinski definition) is 5. The number of nitrogens with two attached hydrogens (primary N) is 1. The van der Waals surface area contributed by atoms with E-state index in [2.05, 4.69) is 20.3 Å². The number of anilines is 2. The van der Waals surface area contributed by atoms with E-state index in [9.17, 15) is 0 Å². The van der Waals surface area contributed by atoms with Crippen LogP contribution in [0.4, 0.5) is 11.6 Å². The molecule has 102 valence electrons. The van der Waals surface area contributed by atoms with Gasteiger partial charge in [-0.25, -0.2) is 9.97 Å². The number of aryl methyl sites for hydroxylation is 1. The molecule has 0 aliphatic rings. The van der Waals surface area contributed by atoms with Crippen molar-refractivity contribution in [2.75, 3.05) is 30.4 Å². The molecule has 2 aromatic heterocycles. The van der Waals surface area contributed by atoms with Crippen molar-refractivity contribution in [1.82, 2.24) is 15.0 Å². The predicted octanol–water partition coefficient (Wildman–Crippen LogP) is 1.12. The Balaban J connectivity index is 2.07. The topological polar surface area (TPSA) is 82.9 Å². The summed E-state index contributed by atoms with van der Waals surface area (Å²) >= 11 is 0. The first-order chi connectivity index (χ1) is 9.19. The van der Waals surface area contributed by atoms with Gasteiger partial charge in [0, 0.05) is 45.1 Å². The van der Waals surface area contributed by atoms with E-state index in [0.717, 1.165) is 30.5 Å². The van der Waals surface area contributed by atoms with Crippen LogP contribution in [0.25, 0.3) is 0 Å². The molecule has 0 radical (unpaired) electrons. The number of aromatic nitrogens is 3. The van der Waals surface area contributed by atoms with Crippen LogP contribution < -0.4 is 16.0 Å². The van der Waals surface area contributed by atoms with E-state index in [1.807, 2.05) is 43.4 Å². The highest BCUT2D eigenvalue weighted by Gasteiger charge is 2.06. The van der Waals surface area contributed by atoms with Crippen LogP contribution in [0, 0.1) is 6.92 Å². The minimum atomic E-state index is 0.603. The molecule has 0 saturated heterocycles. The molecule has 0 bridgehead atoms. The minimum Gasteiger partial charge on any atom is -0.367 e. The van der Waals surface area contributed by atoms with E-state index in [1.54, 1.807) is 0 Å². The fraction of sp³-hybridized carbons (Fsp3) is 0.385. The van der Waals surface area contributed by atoms with Crippen molar-refractivity contribution in [2.24, 2.45) is 5.73 Å². The molecule has 0 amide bonds. The lowest BCUT2D eigenvalue weighted by Gasteiger charge is -2.18. The zero-order valence-electron chi connectivity index (χ0n) is 11.3. The molecule has 0 fully saturated rings. The molecule has 6 heteroatoms. The van der Waals surface area contributed by atoms with E-state index in [4.69, 9.17) is 5.73 Å². The summed E-state index contributed by atoms with van der Waals surface area (Å²) in [7, 11) is 1.98. The Morgan fingerprint density at radius 2 is 2.26 bits per heavy atom. The van der Waals surface area contributed by atoms with Crippen molar-refractivity contribution in [2.45, 2.75) is 13.5 Å². The van der Waals surface area contributed by atoms with Crippen LogP contribution in [0.2, 0.25) is 0 Å². The first kappa shape index (κ1) is 13.4. The van der Waals surface area contributed by atoms with Crippen LogP contribution in [0.5, 0.6) is 0 Å². The number of nitrogens with one attached hydrogen (secondary N) is 2. The Bertz CT molecular complexity index is 508. The third-order valence-electron chi connectivity index (χ3n) is 2.82. The second-order valence-electron chi connectivity index (χ2n) is 4.44. The van der Waals surface area contributed by atoms with Crippen molar-refractivity contribution in [3.05, 3.63) is 35.9 Å². The molecule has 2 heterocycles. The van der Waals surface area contributed by atoms with Gasteiger partial charge in [-0.3, -0.25) is 0 Å². The fourth-order valence-corrected chi connectivity index (χ4v) is 1.81. The number of H-pyrrole nitrogens is 1. The molecule has 2 aromatic rings. The average Bonchev–Trinajstić information content (AvgIpc) is 2.89. The lowest BCUT2D eigenvalue weighted by molar-refractivity contribution is 0.856. The van der Waals surface area contributed by atoms with E-state index in [-0.39, 0.29) is 0 Å². The average molecular weight is 260 g/mol. The first-order valence-corrected chi connectivity index (χ1v) is 6.31. The minimum absolute atomic E-state index is 0.603. The zero-order valence-corrected chi connectivity index (χ0v) is 11.3. The van der Waals surface area contributed by atoms with Gasteiger partial charge in [-0.15, -0.1) is 0 Å². The molecule has 0 saturated carbocycles. The van der Waals surface area contributed by atoms with Crippen molar-refractivity contribution in [3.63, 3.8) is 0 Å². The van der Waals surface area contributed by atoms with Gasteiger partial charge in [-0.1, -0.05) is 0 Å². The Hall–Kier alpha value is -2.08. The van der Waals surface area contributed by atoms with E-state index >= 15 is 0 Å². The zero-order chi connectivity index (χ0) is 13.7. The number of rotatable bonds is 6. The lowest BCUT2D eigenvalue weighted by atomic mass is 10.3. The molecular weight excluding hydrogens is 240 g/mol. The maximum Gasteiger partial charge on any atom is 0.134 e. The SMILES string of the molecule is Cc1nc(NCc2cc[nH]c2)cc(N(C)CCN)n1. The summed E-state index contributed by atoms with van der Waals surface area (Å²) in [5.74, 6) is 2.46. The Morgan fingerprint density at radius 3 is 2.95 bits per heavy atom. The smallest absolute Gasteiger partial charge is 0.134 e. The van der Waals surface area contributed by atoms with Crippen LogP contribution in [-0.4, -0.2) is 35.1 Å². The monoisotopic (exact) mass is 260 g/mol. The molecule has 0 atom stereocenters. The highest BCUT2D eigenvalue weighted by atomic mass is 15.2. The summed E-state index contributed by atoms with van der Waals surface area (Å²) in [5, 5.41) is 3.30. The van der Waals surface area contributed by atoms with E-state index in [0.29, 0.717) is 6.54 Å².